The standard InChI is InChI=1S/C13H23N3S/c1-4-6-16-7-5-11-12(9-16)17-13(15-11)14-8-10(2)3/h10H,4-9H2,1-3H3,(H,14,15). The lowest BCUT2D eigenvalue weighted by atomic mass is 10.2. The first-order valence-corrected chi connectivity index (χ1v) is 7.45. The van der Waals surface area contributed by atoms with Crippen molar-refractivity contribution < 1.29 is 0 Å². The van der Waals surface area contributed by atoms with Crippen molar-refractivity contribution in [1.29, 1.82) is 0 Å². The van der Waals surface area contributed by atoms with Crippen LogP contribution in [-0.4, -0.2) is 29.5 Å². The molecule has 17 heavy (non-hydrogen) atoms. The molecule has 0 radical (unpaired) electrons. The minimum absolute atomic E-state index is 0.674. The first-order chi connectivity index (χ1) is 8.19. The molecule has 0 saturated heterocycles. The molecule has 1 aliphatic heterocycles. The Morgan fingerprint density at radius 1 is 1.47 bits per heavy atom. The van der Waals surface area contributed by atoms with Crippen LogP contribution in [0.1, 0.15) is 37.8 Å². The number of rotatable bonds is 5. The Balaban J connectivity index is 1.96. The Hall–Kier alpha value is -0.610. The second kappa shape index (κ2) is 5.83. The van der Waals surface area contributed by atoms with Gasteiger partial charge in [-0.1, -0.05) is 20.8 Å². The first kappa shape index (κ1) is 12.8. The van der Waals surface area contributed by atoms with Gasteiger partial charge in [0.2, 0.25) is 0 Å². The third-order valence-electron chi connectivity index (χ3n) is 3.01. The van der Waals surface area contributed by atoms with E-state index in [0.717, 1.165) is 24.6 Å². The van der Waals surface area contributed by atoms with Crippen molar-refractivity contribution in [3.63, 3.8) is 0 Å². The van der Waals surface area contributed by atoms with Gasteiger partial charge in [-0.05, 0) is 18.9 Å². The van der Waals surface area contributed by atoms with Crippen LogP contribution >= 0.6 is 11.3 Å². The highest BCUT2D eigenvalue weighted by Crippen LogP contribution is 2.28. The van der Waals surface area contributed by atoms with E-state index >= 15 is 0 Å². The second-order valence-corrected chi connectivity index (χ2v) is 6.27. The van der Waals surface area contributed by atoms with E-state index in [-0.39, 0.29) is 0 Å². The molecule has 0 aliphatic carbocycles. The molecule has 1 aromatic rings. The van der Waals surface area contributed by atoms with Crippen LogP contribution < -0.4 is 5.32 Å². The minimum atomic E-state index is 0.674. The summed E-state index contributed by atoms with van der Waals surface area (Å²) in [5, 5.41) is 4.55. The second-order valence-electron chi connectivity index (χ2n) is 5.19. The largest absolute Gasteiger partial charge is 0.361 e. The van der Waals surface area contributed by atoms with Crippen molar-refractivity contribution in [2.75, 3.05) is 25.0 Å². The molecule has 0 aromatic carbocycles. The summed E-state index contributed by atoms with van der Waals surface area (Å²) in [6, 6.07) is 0. The van der Waals surface area contributed by atoms with E-state index in [4.69, 9.17) is 4.98 Å². The highest BCUT2D eigenvalue weighted by molar-refractivity contribution is 7.15. The number of thiazole rings is 1. The molecule has 96 valence electrons. The lowest BCUT2D eigenvalue weighted by Gasteiger charge is -2.24. The van der Waals surface area contributed by atoms with Crippen molar-refractivity contribution in [1.82, 2.24) is 9.88 Å². The predicted molar refractivity (Wildman–Crippen MR) is 74.7 cm³/mol. The van der Waals surface area contributed by atoms with E-state index in [2.05, 4.69) is 31.0 Å². The number of aromatic nitrogens is 1. The summed E-state index contributed by atoms with van der Waals surface area (Å²) in [6.45, 7) is 11.2. The lowest BCUT2D eigenvalue weighted by molar-refractivity contribution is 0.256. The van der Waals surface area contributed by atoms with E-state index in [9.17, 15) is 0 Å². The fraction of sp³-hybridized carbons (Fsp3) is 0.769. The van der Waals surface area contributed by atoms with E-state index in [1.165, 1.54) is 30.1 Å². The fourth-order valence-corrected chi connectivity index (χ4v) is 3.18. The molecule has 0 saturated carbocycles. The van der Waals surface area contributed by atoms with Crippen LogP contribution in [0.5, 0.6) is 0 Å². The SMILES string of the molecule is CCCN1CCc2nc(NCC(C)C)sc2C1. The summed E-state index contributed by atoms with van der Waals surface area (Å²) in [4.78, 5) is 8.70. The Bertz CT molecular complexity index is 360. The van der Waals surface area contributed by atoms with Crippen LogP contribution in [-0.2, 0) is 13.0 Å². The Morgan fingerprint density at radius 2 is 2.29 bits per heavy atom. The summed E-state index contributed by atoms with van der Waals surface area (Å²) in [6.07, 6.45) is 2.36. The average molecular weight is 253 g/mol. The van der Waals surface area contributed by atoms with Crippen molar-refractivity contribution in [2.45, 2.75) is 40.2 Å². The summed E-state index contributed by atoms with van der Waals surface area (Å²) in [5.41, 5.74) is 1.33. The summed E-state index contributed by atoms with van der Waals surface area (Å²) >= 11 is 1.84. The zero-order valence-electron chi connectivity index (χ0n) is 11.1. The van der Waals surface area contributed by atoms with Gasteiger partial charge in [-0.3, -0.25) is 4.90 Å². The van der Waals surface area contributed by atoms with Gasteiger partial charge in [-0.15, -0.1) is 11.3 Å². The van der Waals surface area contributed by atoms with E-state index in [0.29, 0.717) is 5.92 Å². The van der Waals surface area contributed by atoms with E-state index in [1.807, 2.05) is 11.3 Å². The molecule has 2 heterocycles. The zero-order chi connectivity index (χ0) is 12.3. The number of fused-ring (bicyclic) bond motifs is 1. The first-order valence-electron chi connectivity index (χ1n) is 6.63. The van der Waals surface area contributed by atoms with Crippen molar-refractivity contribution in [3.8, 4) is 0 Å². The van der Waals surface area contributed by atoms with Crippen molar-refractivity contribution >= 4 is 16.5 Å². The third-order valence-corrected chi connectivity index (χ3v) is 4.05. The number of hydrogen-bond acceptors (Lipinski definition) is 4. The molecule has 4 heteroatoms. The fourth-order valence-electron chi connectivity index (χ4n) is 2.12. The summed E-state index contributed by atoms with van der Waals surface area (Å²) in [5.74, 6) is 0.674. The van der Waals surface area contributed by atoms with Crippen LogP contribution in [0.15, 0.2) is 0 Å². The highest BCUT2D eigenvalue weighted by Gasteiger charge is 2.19. The molecule has 0 unspecified atom stereocenters. The molecular weight excluding hydrogens is 230 g/mol. The van der Waals surface area contributed by atoms with Gasteiger partial charge in [0, 0.05) is 30.9 Å². The lowest BCUT2D eigenvalue weighted by Crippen LogP contribution is -2.30. The van der Waals surface area contributed by atoms with Crippen molar-refractivity contribution in [2.24, 2.45) is 5.92 Å². The van der Waals surface area contributed by atoms with Crippen LogP contribution in [0.2, 0.25) is 0 Å². The molecule has 0 atom stereocenters. The number of anilines is 1. The van der Waals surface area contributed by atoms with Gasteiger partial charge in [-0.25, -0.2) is 4.98 Å². The van der Waals surface area contributed by atoms with Gasteiger partial charge < -0.3 is 5.32 Å². The number of nitrogens with one attached hydrogen (secondary N) is 1. The van der Waals surface area contributed by atoms with Crippen molar-refractivity contribution in [3.05, 3.63) is 10.6 Å². The average Bonchev–Trinajstić information content (AvgIpc) is 2.69. The maximum atomic E-state index is 4.70. The molecule has 2 rings (SSSR count). The predicted octanol–water partition coefficient (Wildman–Crippen LogP) is 2.98. The molecule has 1 aromatic heterocycles. The Morgan fingerprint density at radius 3 is 3.00 bits per heavy atom. The molecule has 3 nitrogen and oxygen atoms in total. The highest BCUT2D eigenvalue weighted by atomic mass is 32.1. The Labute approximate surface area is 108 Å². The number of nitrogens with zero attached hydrogens (tertiary/aromatic N) is 2. The molecule has 1 aliphatic rings. The van der Waals surface area contributed by atoms with Crippen LogP contribution in [0, 0.1) is 5.92 Å². The van der Waals surface area contributed by atoms with Gasteiger partial charge in [0.1, 0.15) is 0 Å². The van der Waals surface area contributed by atoms with Gasteiger partial charge >= 0.3 is 0 Å². The topological polar surface area (TPSA) is 28.2 Å². The molecule has 0 spiro atoms. The molecule has 0 fully saturated rings. The third kappa shape index (κ3) is 3.42. The summed E-state index contributed by atoms with van der Waals surface area (Å²) in [7, 11) is 0. The van der Waals surface area contributed by atoms with Gasteiger partial charge in [0.05, 0.1) is 5.69 Å². The molecule has 0 amide bonds. The van der Waals surface area contributed by atoms with Gasteiger partial charge in [0.25, 0.3) is 0 Å². The van der Waals surface area contributed by atoms with Gasteiger partial charge in [0.15, 0.2) is 5.13 Å². The summed E-state index contributed by atoms with van der Waals surface area (Å²) < 4.78 is 0. The van der Waals surface area contributed by atoms with Crippen LogP contribution in [0.3, 0.4) is 0 Å². The monoisotopic (exact) mass is 253 g/mol. The minimum Gasteiger partial charge on any atom is -0.361 e. The maximum Gasteiger partial charge on any atom is 0.183 e. The molecule has 1 N–H and O–H groups in total. The molecular formula is C13H23N3S. The van der Waals surface area contributed by atoms with E-state index in [1.54, 1.807) is 0 Å². The van der Waals surface area contributed by atoms with Gasteiger partial charge in [-0.2, -0.15) is 0 Å². The van der Waals surface area contributed by atoms with E-state index < -0.39 is 0 Å². The zero-order valence-corrected chi connectivity index (χ0v) is 11.9. The normalized spacial score (nSPS) is 16.2. The van der Waals surface area contributed by atoms with Crippen LogP contribution in [0.4, 0.5) is 5.13 Å². The number of hydrogen-bond donors (Lipinski definition) is 1. The van der Waals surface area contributed by atoms with Crippen LogP contribution in [0.25, 0.3) is 0 Å². The Kier molecular flexibility index (Phi) is 4.40. The smallest absolute Gasteiger partial charge is 0.183 e. The molecule has 0 bridgehead atoms. The maximum absolute atomic E-state index is 4.70. The quantitative estimate of drug-likeness (QED) is 0.874.